The first kappa shape index (κ1) is 18.2. The van der Waals surface area contributed by atoms with Gasteiger partial charge >= 0.3 is 0 Å². The zero-order valence-electron chi connectivity index (χ0n) is 14.9. The molecule has 0 spiro atoms. The summed E-state index contributed by atoms with van der Waals surface area (Å²) < 4.78 is 10.3. The topological polar surface area (TPSA) is 18.5 Å². The fourth-order valence-corrected chi connectivity index (χ4v) is 4.36. The van der Waals surface area contributed by atoms with Crippen LogP contribution in [0.1, 0.15) is 28.5 Å². The molecule has 2 nitrogen and oxygen atoms in total. The van der Waals surface area contributed by atoms with E-state index >= 15 is 0 Å². The summed E-state index contributed by atoms with van der Waals surface area (Å²) in [4.78, 5) is 0. The van der Waals surface area contributed by atoms with Gasteiger partial charge in [0, 0.05) is 11.8 Å². The molecule has 0 radical (unpaired) electrons. The van der Waals surface area contributed by atoms with Crippen LogP contribution in [0.25, 0.3) is 0 Å². The zero-order chi connectivity index (χ0) is 18.9. The number of benzene rings is 3. The Bertz CT molecular complexity index is 890. The van der Waals surface area contributed by atoms with Gasteiger partial charge < -0.3 is 9.47 Å². The Morgan fingerprint density at radius 1 is 0.741 bits per heavy atom. The SMILES string of the molecule is COc1ccc([C@H]2[C@H](c3ccc(OCc4ccccc4)cc3)C2(Cl)Cl)cc1. The lowest BCUT2D eigenvalue weighted by Gasteiger charge is -2.07. The molecule has 2 atom stereocenters. The number of rotatable bonds is 6. The Morgan fingerprint density at radius 2 is 1.26 bits per heavy atom. The maximum Gasteiger partial charge on any atom is 0.133 e. The molecule has 1 saturated carbocycles. The van der Waals surface area contributed by atoms with Gasteiger partial charge in [-0.15, -0.1) is 23.2 Å². The van der Waals surface area contributed by atoms with E-state index < -0.39 is 4.33 Å². The highest BCUT2D eigenvalue weighted by Gasteiger charge is 2.64. The van der Waals surface area contributed by atoms with Crippen LogP contribution in [0.3, 0.4) is 0 Å². The zero-order valence-corrected chi connectivity index (χ0v) is 16.5. The van der Waals surface area contributed by atoms with Gasteiger partial charge in [-0.1, -0.05) is 54.6 Å². The predicted molar refractivity (Wildman–Crippen MR) is 110 cm³/mol. The number of hydrogen-bond donors (Lipinski definition) is 0. The van der Waals surface area contributed by atoms with Crippen LogP contribution in [0.5, 0.6) is 11.5 Å². The van der Waals surface area contributed by atoms with Gasteiger partial charge in [0.15, 0.2) is 0 Å². The third-order valence-electron chi connectivity index (χ3n) is 5.02. The molecule has 3 aromatic carbocycles. The molecule has 1 aliphatic rings. The molecule has 138 valence electrons. The summed E-state index contributed by atoms with van der Waals surface area (Å²) in [7, 11) is 1.66. The van der Waals surface area contributed by atoms with Crippen molar-refractivity contribution >= 4 is 23.2 Å². The summed E-state index contributed by atoms with van der Waals surface area (Å²) in [5.74, 6) is 1.80. The van der Waals surface area contributed by atoms with Crippen molar-refractivity contribution in [2.75, 3.05) is 7.11 Å². The predicted octanol–water partition coefficient (Wildman–Crippen LogP) is 6.33. The molecule has 0 amide bonds. The first-order valence-corrected chi connectivity index (χ1v) is 9.63. The van der Waals surface area contributed by atoms with Crippen molar-refractivity contribution in [3.8, 4) is 11.5 Å². The second-order valence-electron chi connectivity index (χ2n) is 6.75. The van der Waals surface area contributed by atoms with E-state index in [-0.39, 0.29) is 11.8 Å². The van der Waals surface area contributed by atoms with Crippen LogP contribution < -0.4 is 9.47 Å². The molecule has 1 fully saturated rings. The second kappa shape index (κ2) is 7.46. The highest BCUT2D eigenvalue weighted by molar-refractivity contribution is 6.52. The Balaban J connectivity index is 1.45. The molecule has 4 rings (SSSR count). The molecule has 0 saturated heterocycles. The summed E-state index contributed by atoms with van der Waals surface area (Å²) >= 11 is 13.2. The standard InChI is InChI=1S/C23H20Cl2O2/c1-26-19-11-7-17(8-12-19)21-22(23(21,24)25)18-9-13-20(14-10-18)27-15-16-5-3-2-4-6-16/h2-14,21-22H,15H2,1H3/t21-,22-/m0/s1. The van der Waals surface area contributed by atoms with Gasteiger partial charge in [-0.05, 0) is 41.0 Å². The van der Waals surface area contributed by atoms with Gasteiger partial charge in [-0.2, -0.15) is 0 Å². The molecule has 4 heteroatoms. The minimum absolute atomic E-state index is 0.0670. The fraction of sp³-hybridized carbons (Fsp3) is 0.217. The molecule has 27 heavy (non-hydrogen) atoms. The lowest BCUT2D eigenvalue weighted by Crippen LogP contribution is -1.95. The maximum absolute atomic E-state index is 6.60. The van der Waals surface area contributed by atoms with Gasteiger partial charge in [0.1, 0.15) is 22.4 Å². The minimum atomic E-state index is -0.791. The summed E-state index contributed by atoms with van der Waals surface area (Å²) in [5.41, 5.74) is 3.38. The molecule has 0 aromatic heterocycles. The quantitative estimate of drug-likeness (QED) is 0.451. The summed E-state index contributed by atoms with van der Waals surface area (Å²) in [6.07, 6.45) is 0. The Hall–Kier alpha value is -2.16. The average Bonchev–Trinajstić information content (AvgIpc) is 3.29. The van der Waals surface area contributed by atoms with Gasteiger partial charge in [-0.3, -0.25) is 0 Å². The van der Waals surface area contributed by atoms with Crippen molar-refractivity contribution in [3.05, 3.63) is 95.6 Å². The van der Waals surface area contributed by atoms with Crippen LogP contribution in [0.2, 0.25) is 0 Å². The first-order chi connectivity index (χ1) is 13.1. The number of ether oxygens (including phenoxy) is 2. The highest BCUT2D eigenvalue weighted by atomic mass is 35.5. The van der Waals surface area contributed by atoms with Crippen molar-refractivity contribution in [1.82, 2.24) is 0 Å². The molecular formula is C23H20Cl2O2. The van der Waals surface area contributed by atoms with E-state index in [0.29, 0.717) is 6.61 Å². The summed E-state index contributed by atoms with van der Waals surface area (Å²) in [6.45, 7) is 0.549. The third-order valence-corrected chi connectivity index (χ3v) is 5.96. The van der Waals surface area contributed by atoms with Gasteiger partial charge in [0.2, 0.25) is 0 Å². The molecule has 0 heterocycles. The average molecular weight is 399 g/mol. The molecular weight excluding hydrogens is 379 g/mol. The van der Waals surface area contributed by atoms with E-state index in [9.17, 15) is 0 Å². The first-order valence-electron chi connectivity index (χ1n) is 8.88. The largest absolute Gasteiger partial charge is 0.497 e. The molecule has 0 aliphatic heterocycles. The number of hydrogen-bond acceptors (Lipinski definition) is 2. The van der Waals surface area contributed by atoms with Crippen LogP contribution in [-0.2, 0) is 6.61 Å². The number of alkyl halides is 2. The van der Waals surface area contributed by atoms with E-state index in [0.717, 1.165) is 28.2 Å². The fourth-order valence-electron chi connectivity index (χ4n) is 3.48. The Morgan fingerprint density at radius 3 is 1.78 bits per heavy atom. The van der Waals surface area contributed by atoms with E-state index in [1.807, 2.05) is 78.9 Å². The Labute approximate surface area is 169 Å². The lowest BCUT2D eigenvalue weighted by molar-refractivity contribution is 0.306. The van der Waals surface area contributed by atoms with Crippen LogP contribution in [-0.4, -0.2) is 11.4 Å². The van der Waals surface area contributed by atoms with Crippen molar-refractivity contribution in [1.29, 1.82) is 0 Å². The second-order valence-corrected chi connectivity index (χ2v) is 8.19. The van der Waals surface area contributed by atoms with E-state index in [1.54, 1.807) is 7.11 Å². The molecule has 0 N–H and O–H groups in total. The van der Waals surface area contributed by atoms with Crippen molar-refractivity contribution in [3.63, 3.8) is 0 Å². The van der Waals surface area contributed by atoms with Crippen LogP contribution >= 0.6 is 23.2 Å². The number of methoxy groups -OCH3 is 1. The number of halogens is 2. The van der Waals surface area contributed by atoms with Crippen LogP contribution in [0.15, 0.2) is 78.9 Å². The molecule has 3 aromatic rings. The van der Waals surface area contributed by atoms with Crippen LogP contribution in [0.4, 0.5) is 0 Å². The van der Waals surface area contributed by atoms with Crippen molar-refractivity contribution < 1.29 is 9.47 Å². The summed E-state index contributed by atoms with van der Waals surface area (Å²) in [5, 5.41) is 0. The monoisotopic (exact) mass is 398 g/mol. The molecule has 0 unspecified atom stereocenters. The van der Waals surface area contributed by atoms with E-state index in [4.69, 9.17) is 32.7 Å². The molecule has 0 bridgehead atoms. The van der Waals surface area contributed by atoms with Gasteiger partial charge in [0.05, 0.1) is 7.11 Å². The summed E-state index contributed by atoms with van der Waals surface area (Å²) in [6, 6.07) is 26.1. The minimum Gasteiger partial charge on any atom is -0.497 e. The van der Waals surface area contributed by atoms with E-state index in [2.05, 4.69) is 0 Å². The molecule has 1 aliphatic carbocycles. The van der Waals surface area contributed by atoms with Crippen molar-refractivity contribution in [2.24, 2.45) is 0 Å². The smallest absolute Gasteiger partial charge is 0.133 e. The van der Waals surface area contributed by atoms with E-state index in [1.165, 1.54) is 0 Å². The third kappa shape index (κ3) is 3.78. The highest BCUT2D eigenvalue weighted by Crippen LogP contribution is 2.70. The lowest BCUT2D eigenvalue weighted by atomic mass is 10.0. The van der Waals surface area contributed by atoms with Gasteiger partial charge in [0.25, 0.3) is 0 Å². The van der Waals surface area contributed by atoms with Crippen molar-refractivity contribution in [2.45, 2.75) is 22.8 Å². The van der Waals surface area contributed by atoms with Gasteiger partial charge in [-0.25, -0.2) is 0 Å². The Kier molecular flexibility index (Phi) is 5.03. The van der Waals surface area contributed by atoms with Crippen LogP contribution in [0, 0.1) is 0 Å². The normalized spacial score (nSPS) is 20.1. The maximum atomic E-state index is 6.60.